The molecule has 1 fully saturated rings. The number of amides is 2. The standard InChI is InChI=1S/C24H36N2O8/c1-8-16-13-24(16)17(19(20(27)31-9-2)21(28)32-10-3)11-12-18(24)26(23(30)34-15(6)7)25-22(29)33-14(4)5/h8,11-12,14-19H,1,9-10,13H2,2-7H3,(H,25,29)/t16?,17-,18-,24?/m1/s1. The van der Waals surface area contributed by atoms with Crippen molar-refractivity contribution in [1.29, 1.82) is 0 Å². The number of ether oxygens (including phenoxy) is 4. The molecule has 2 aliphatic rings. The van der Waals surface area contributed by atoms with Gasteiger partial charge in [0.25, 0.3) is 0 Å². The van der Waals surface area contributed by atoms with Crippen LogP contribution < -0.4 is 5.43 Å². The van der Waals surface area contributed by atoms with Crippen molar-refractivity contribution in [3.05, 3.63) is 24.8 Å². The van der Waals surface area contributed by atoms with Crippen molar-refractivity contribution in [3.63, 3.8) is 0 Å². The van der Waals surface area contributed by atoms with Crippen molar-refractivity contribution in [2.75, 3.05) is 13.2 Å². The van der Waals surface area contributed by atoms with Gasteiger partial charge in [0, 0.05) is 11.3 Å². The van der Waals surface area contributed by atoms with Gasteiger partial charge in [-0.25, -0.2) is 20.0 Å². The number of carbonyl (C=O) groups excluding carboxylic acids is 4. The lowest BCUT2D eigenvalue weighted by Gasteiger charge is -2.36. The molecule has 0 heterocycles. The highest BCUT2D eigenvalue weighted by molar-refractivity contribution is 5.96. The van der Waals surface area contributed by atoms with E-state index in [4.69, 9.17) is 18.9 Å². The largest absolute Gasteiger partial charge is 0.465 e. The molecule has 0 aliphatic heterocycles. The first-order chi connectivity index (χ1) is 16.0. The molecule has 2 rings (SSSR count). The minimum Gasteiger partial charge on any atom is -0.465 e. The SMILES string of the molecule is C=CC1CC12[C@@H](C(C(=O)OCC)C(=O)OCC)C=C[C@H]2N(NC(=O)OC(C)C)C(=O)OC(C)C. The highest BCUT2D eigenvalue weighted by atomic mass is 16.6. The Labute approximate surface area is 200 Å². The summed E-state index contributed by atoms with van der Waals surface area (Å²) in [7, 11) is 0. The molecular formula is C24H36N2O8. The van der Waals surface area contributed by atoms with Crippen LogP contribution in [0.5, 0.6) is 0 Å². The minimum atomic E-state index is -1.23. The highest BCUT2D eigenvalue weighted by Gasteiger charge is 2.68. The predicted molar refractivity (Wildman–Crippen MR) is 122 cm³/mol. The van der Waals surface area contributed by atoms with Crippen LogP contribution in [-0.4, -0.2) is 60.6 Å². The molecule has 1 spiro atoms. The smallest absolute Gasteiger partial charge is 0.429 e. The van der Waals surface area contributed by atoms with Crippen molar-refractivity contribution in [2.24, 2.45) is 23.2 Å². The van der Waals surface area contributed by atoms with E-state index in [2.05, 4.69) is 12.0 Å². The molecule has 1 N–H and O–H groups in total. The average Bonchev–Trinajstić information content (AvgIpc) is 3.35. The van der Waals surface area contributed by atoms with E-state index in [9.17, 15) is 19.2 Å². The Balaban J connectivity index is 2.46. The second-order valence-electron chi connectivity index (χ2n) is 8.86. The monoisotopic (exact) mass is 480 g/mol. The normalized spacial score (nSPS) is 24.8. The first-order valence-corrected chi connectivity index (χ1v) is 11.6. The van der Waals surface area contributed by atoms with Crippen LogP contribution in [-0.2, 0) is 28.5 Å². The fourth-order valence-electron chi connectivity index (χ4n) is 4.56. The van der Waals surface area contributed by atoms with E-state index >= 15 is 0 Å². The van der Waals surface area contributed by atoms with Gasteiger partial charge in [0.15, 0.2) is 5.92 Å². The Hall–Kier alpha value is -3.04. The van der Waals surface area contributed by atoms with Crippen LogP contribution >= 0.6 is 0 Å². The third-order valence-corrected chi connectivity index (χ3v) is 5.87. The number of rotatable bonds is 9. The quantitative estimate of drug-likeness (QED) is 0.175. The first kappa shape index (κ1) is 27.2. The van der Waals surface area contributed by atoms with Crippen LogP contribution in [0.2, 0.25) is 0 Å². The van der Waals surface area contributed by atoms with Crippen LogP contribution in [0, 0.1) is 23.2 Å². The van der Waals surface area contributed by atoms with Crippen molar-refractivity contribution >= 4 is 24.1 Å². The zero-order valence-corrected chi connectivity index (χ0v) is 20.7. The van der Waals surface area contributed by atoms with Crippen molar-refractivity contribution in [1.82, 2.24) is 10.4 Å². The lowest BCUT2D eigenvalue weighted by Crippen LogP contribution is -2.56. The minimum absolute atomic E-state index is 0.0991. The maximum absolute atomic E-state index is 13.0. The third kappa shape index (κ3) is 5.71. The number of hydrazine groups is 1. The Morgan fingerprint density at radius 2 is 1.59 bits per heavy atom. The Bertz CT molecular complexity index is 806. The van der Waals surface area contributed by atoms with Gasteiger partial charge < -0.3 is 18.9 Å². The van der Waals surface area contributed by atoms with Gasteiger partial charge in [-0.05, 0) is 53.9 Å². The molecule has 2 amide bonds. The molecule has 0 aromatic carbocycles. The van der Waals surface area contributed by atoms with Gasteiger partial charge in [-0.3, -0.25) is 9.59 Å². The zero-order valence-electron chi connectivity index (χ0n) is 20.7. The van der Waals surface area contributed by atoms with Gasteiger partial charge in [-0.1, -0.05) is 18.2 Å². The molecule has 1 saturated carbocycles. The summed E-state index contributed by atoms with van der Waals surface area (Å²) in [5.41, 5.74) is 1.70. The lowest BCUT2D eigenvalue weighted by atomic mass is 9.77. The summed E-state index contributed by atoms with van der Waals surface area (Å²) >= 11 is 0. The van der Waals surface area contributed by atoms with E-state index in [1.54, 1.807) is 59.8 Å². The average molecular weight is 481 g/mol. The predicted octanol–water partition coefficient (Wildman–Crippen LogP) is 3.37. The zero-order chi connectivity index (χ0) is 25.6. The molecular weight excluding hydrogens is 444 g/mol. The summed E-state index contributed by atoms with van der Waals surface area (Å²) in [5, 5.41) is 1.07. The third-order valence-electron chi connectivity index (χ3n) is 5.87. The van der Waals surface area contributed by atoms with E-state index in [0.29, 0.717) is 6.42 Å². The lowest BCUT2D eigenvalue weighted by molar-refractivity contribution is -0.165. The Morgan fingerprint density at radius 3 is 2.03 bits per heavy atom. The molecule has 4 atom stereocenters. The summed E-state index contributed by atoms with van der Waals surface area (Å²) in [4.78, 5) is 51.1. The van der Waals surface area contributed by atoms with Crippen LogP contribution in [0.15, 0.2) is 24.8 Å². The highest BCUT2D eigenvalue weighted by Crippen LogP contribution is 2.67. The second kappa shape index (κ2) is 11.4. The summed E-state index contributed by atoms with van der Waals surface area (Å²) in [6.07, 6.45) is 3.17. The number of esters is 2. The molecule has 10 heteroatoms. The van der Waals surface area contributed by atoms with E-state index < -0.39 is 59.6 Å². The fraction of sp³-hybridized carbons (Fsp3) is 0.667. The maximum atomic E-state index is 13.0. The van der Waals surface area contributed by atoms with Crippen LogP contribution in [0.4, 0.5) is 9.59 Å². The number of allylic oxidation sites excluding steroid dienone is 2. The van der Waals surface area contributed by atoms with Crippen molar-refractivity contribution < 1.29 is 38.1 Å². The molecule has 34 heavy (non-hydrogen) atoms. The molecule has 0 radical (unpaired) electrons. The number of nitrogens with zero attached hydrogens (tertiary/aromatic N) is 1. The molecule has 0 saturated heterocycles. The summed E-state index contributed by atoms with van der Waals surface area (Å²) < 4.78 is 20.9. The van der Waals surface area contributed by atoms with E-state index in [1.807, 2.05) is 0 Å². The molecule has 10 nitrogen and oxygen atoms in total. The second-order valence-corrected chi connectivity index (χ2v) is 8.86. The first-order valence-electron chi connectivity index (χ1n) is 11.6. The molecule has 0 bridgehead atoms. The fourth-order valence-corrected chi connectivity index (χ4v) is 4.56. The van der Waals surface area contributed by atoms with Gasteiger partial charge in [0.1, 0.15) is 0 Å². The van der Waals surface area contributed by atoms with Crippen LogP contribution in [0.3, 0.4) is 0 Å². The Kier molecular flexibility index (Phi) is 9.12. The summed E-state index contributed by atoms with van der Waals surface area (Å²) in [6.45, 7) is 14.1. The number of hydrogen-bond acceptors (Lipinski definition) is 8. The summed E-state index contributed by atoms with van der Waals surface area (Å²) in [5.74, 6) is -3.41. The molecule has 2 aliphatic carbocycles. The van der Waals surface area contributed by atoms with Gasteiger partial charge >= 0.3 is 24.1 Å². The maximum Gasteiger partial charge on any atom is 0.429 e. The summed E-state index contributed by atoms with van der Waals surface area (Å²) in [6, 6.07) is -0.724. The van der Waals surface area contributed by atoms with E-state index in [0.717, 1.165) is 5.01 Å². The Morgan fingerprint density at radius 1 is 1.03 bits per heavy atom. The molecule has 2 unspecified atom stereocenters. The molecule has 0 aromatic heterocycles. The van der Waals surface area contributed by atoms with Crippen LogP contribution in [0.1, 0.15) is 48.0 Å². The molecule has 190 valence electrons. The van der Waals surface area contributed by atoms with Gasteiger partial charge in [-0.2, -0.15) is 0 Å². The van der Waals surface area contributed by atoms with Gasteiger partial charge in [-0.15, -0.1) is 6.58 Å². The van der Waals surface area contributed by atoms with Crippen molar-refractivity contribution in [2.45, 2.75) is 66.2 Å². The number of nitrogens with one attached hydrogen (secondary N) is 1. The van der Waals surface area contributed by atoms with E-state index in [-0.39, 0.29) is 19.1 Å². The van der Waals surface area contributed by atoms with Gasteiger partial charge in [0.05, 0.1) is 31.5 Å². The number of hydrogen-bond donors (Lipinski definition) is 1. The van der Waals surface area contributed by atoms with Crippen molar-refractivity contribution in [3.8, 4) is 0 Å². The number of carbonyl (C=O) groups is 4. The van der Waals surface area contributed by atoms with Gasteiger partial charge in [0.2, 0.25) is 0 Å². The van der Waals surface area contributed by atoms with Crippen LogP contribution in [0.25, 0.3) is 0 Å². The van der Waals surface area contributed by atoms with E-state index in [1.165, 1.54) is 0 Å². The molecule has 0 aromatic rings. The topological polar surface area (TPSA) is 120 Å².